The first-order valence-electron chi connectivity index (χ1n) is 9.00. The molecule has 2 nitrogen and oxygen atoms in total. The average molecular weight is 299 g/mol. The fraction of sp³-hybridized carbons (Fsp3) is 1.00. The van der Waals surface area contributed by atoms with Gasteiger partial charge in [-0.1, -0.05) is 39.0 Å². The molecule has 2 fully saturated rings. The third-order valence-electron chi connectivity index (χ3n) is 5.50. The normalized spacial score (nSPS) is 29.6. The van der Waals surface area contributed by atoms with Crippen LogP contribution in [0.3, 0.4) is 0 Å². The van der Waals surface area contributed by atoms with Gasteiger partial charge in [0.1, 0.15) is 0 Å². The van der Waals surface area contributed by atoms with Gasteiger partial charge in [-0.05, 0) is 45.4 Å². The van der Waals surface area contributed by atoms with E-state index in [2.05, 4.69) is 20.8 Å². The van der Waals surface area contributed by atoms with E-state index in [1.54, 1.807) is 0 Å². The SMILES string of the molecule is CCO[Si](OCC)(C1CCCCC1)C1CCC(C)CC1. The quantitative estimate of drug-likeness (QED) is 0.610. The monoisotopic (exact) mass is 298 g/mol. The van der Waals surface area contributed by atoms with Crippen molar-refractivity contribution in [3.8, 4) is 0 Å². The molecule has 0 spiro atoms. The average Bonchev–Trinajstić information content (AvgIpc) is 2.48. The summed E-state index contributed by atoms with van der Waals surface area (Å²) in [5, 5.41) is 0. The van der Waals surface area contributed by atoms with E-state index in [0.29, 0.717) is 0 Å². The van der Waals surface area contributed by atoms with Crippen molar-refractivity contribution >= 4 is 8.56 Å². The molecule has 118 valence electrons. The maximum Gasteiger partial charge on any atom is 0.344 e. The molecule has 0 atom stereocenters. The van der Waals surface area contributed by atoms with Crippen LogP contribution in [0.5, 0.6) is 0 Å². The highest BCUT2D eigenvalue weighted by Crippen LogP contribution is 2.49. The Kier molecular flexibility index (Phi) is 6.56. The Bertz CT molecular complexity index is 262. The summed E-state index contributed by atoms with van der Waals surface area (Å²) < 4.78 is 13.0. The zero-order valence-corrected chi connectivity index (χ0v) is 14.8. The molecule has 0 radical (unpaired) electrons. The lowest BCUT2D eigenvalue weighted by Crippen LogP contribution is -2.52. The van der Waals surface area contributed by atoms with Gasteiger partial charge in [0.05, 0.1) is 0 Å². The predicted octanol–water partition coefficient (Wildman–Crippen LogP) is 5.42. The van der Waals surface area contributed by atoms with Crippen molar-refractivity contribution in [1.82, 2.24) is 0 Å². The molecular weight excluding hydrogens is 264 g/mol. The highest BCUT2D eigenvalue weighted by molar-refractivity contribution is 6.70. The van der Waals surface area contributed by atoms with Gasteiger partial charge in [-0.25, -0.2) is 0 Å². The Hall–Kier alpha value is 0.137. The second-order valence-electron chi connectivity index (χ2n) is 6.88. The van der Waals surface area contributed by atoms with E-state index in [4.69, 9.17) is 8.85 Å². The van der Waals surface area contributed by atoms with Crippen molar-refractivity contribution in [1.29, 1.82) is 0 Å². The van der Waals surface area contributed by atoms with Crippen molar-refractivity contribution in [3.63, 3.8) is 0 Å². The van der Waals surface area contributed by atoms with Gasteiger partial charge < -0.3 is 8.85 Å². The molecule has 0 aromatic rings. The van der Waals surface area contributed by atoms with Gasteiger partial charge in [-0.15, -0.1) is 0 Å². The molecule has 0 amide bonds. The van der Waals surface area contributed by atoms with E-state index < -0.39 is 8.56 Å². The summed E-state index contributed by atoms with van der Waals surface area (Å²) in [6.07, 6.45) is 12.4. The number of rotatable bonds is 6. The van der Waals surface area contributed by atoms with Crippen molar-refractivity contribution in [2.75, 3.05) is 13.2 Å². The fourth-order valence-electron chi connectivity index (χ4n) is 4.46. The molecule has 20 heavy (non-hydrogen) atoms. The lowest BCUT2D eigenvalue weighted by Gasteiger charge is -2.45. The highest BCUT2D eigenvalue weighted by Gasteiger charge is 2.52. The molecule has 0 heterocycles. The van der Waals surface area contributed by atoms with Gasteiger partial charge in [-0.2, -0.15) is 0 Å². The number of hydrogen-bond donors (Lipinski definition) is 0. The minimum absolute atomic E-state index is 0.752. The van der Waals surface area contributed by atoms with Crippen LogP contribution in [-0.4, -0.2) is 21.8 Å². The lowest BCUT2D eigenvalue weighted by molar-refractivity contribution is 0.143. The van der Waals surface area contributed by atoms with Crippen LogP contribution < -0.4 is 0 Å². The summed E-state index contributed by atoms with van der Waals surface area (Å²) in [5.74, 6) is 0.910. The van der Waals surface area contributed by atoms with Crippen LogP contribution >= 0.6 is 0 Å². The fourth-order valence-corrected chi connectivity index (χ4v) is 9.41. The Labute approximate surface area is 126 Å². The zero-order valence-electron chi connectivity index (χ0n) is 13.8. The van der Waals surface area contributed by atoms with Crippen molar-refractivity contribution in [2.45, 2.75) is 89.6 Å². The zero-order chi connectivity index (χ0) is 14.4. The van der Waals surface area contributed by atoms with Gasteiger partial charge in [0, 0.05) is 24.3 Å². The van der Waals surface area contributed by atoms with Crippen LogP contribution in [0.1, 0.15) is 78.6 Å². The third kappa shape index (κ3) is 3.66. The summed E-state index contributed by atoms with van der Waals surface area (Å²) in [7, 11) is -2.02. The molecule has 2 rings (SSSR count). The van der Waals surface area contributed by atoms with Gasteiger partial charge in [0.15, 0.2) is 0 Å². The summed E-state index contributed by atoms with van der Waals surface area (Å²) in [6, 6.07) is 0. The highest BCUT2D eigenvalue weighted by atomic mass is 28.4. The second kappa shape index (κ2) is 7.95. The summed E-state index contributed by atoms with van der Waals surface area (Å²) in [4.78, 5) is 0. The maximum atomic E-state index is 6.50. The summed E-state index contributed by atoms with van der Waals surface area (Å²) >= 11 is 0. The lowest BCUT2D eigenvalue weighted by atomic mass is 9.90. The van der Waals surface area contributed by atoms with Gasteiger partial charge in [0.25, 0.3) is 0 Å². The van der Waals surface area contributed by atoms with Crippen molar-refractivity contribution in [2.24, 2.45) is 5.92 Å². The smallest absolute Gasteiger partial charge is 0.344 e. The van der Waals surface area contributed by atoms with Crippen LogP contribution in [0.25, 0.3) is 0 Å². The van der Waals surface area contributed by atoms with Gasteiger partial charge >= 0.3 is 8.56 Å². The Morgan fingerprint density at radius 1 is 0.750 bits per heavy atom. The molecule has 3 heteroatoms. The standard InChI is InChI=1S/C17H34O2Si/c1-4-18-20(19-5-2,16-9-7-6-8-10-16)17-13-11-15(3)12-14-17/h15-17H,4-14H2,1-3H3. The first-order valence-corrected chi connectivity index (χ1v) is 11.0. The molecule has 0 aliphatic heterocycles. The number of hydrogen-bond acceptors (Lipinski definition) is 2. The molecular formula is C17H34O2Si. The molecule has 0 unspecified atom stereocenters. The van der Waals surface area contributed by atoms with Crippen LogP contribution in [-0.2, 0) is 8.85 Å². The topological polar surface area (TPSA) is 18.5 Å². The molecule has 2 aliphatic carbocycles. The van der Waals surface area contributed by atoms with Crippen molar-refractivity contribution in [3.05, 3.63) is 0 Å². The first kappa shape index (κ1) is 16.5. The van der Waals surface area contributed by atoms with E-state index in [9.17, 15) is 0 Å². The van der Waals surface area contributed by atoms with E-state index in [1.807, 2.05) is 0 Å². The molecule has 0 bridgehead atoms. The molecule has 0 N–H and O–H groups in total. The molecule has 2 aliphatic rings. The predicted molar refractivity (Wildman–Crippen MR) is 87.2 cm³/mol. The summed E-state index contributed by atoms with van der Waals surface area (Å²) in [5.41, 5.74) is 1.51. The van der Waals surface area contributed by atoms with Crippen molar-refractivity contribution < 1.29 is 8.85 Å². The Balaban J connectivity index is 2.15. The van der Waals surface area contributed by atoms with Crippen LogP contribution in [0.15, 0.2) is 0 Å². The third-order valence-corrected chi connectivity index (χ3v) is 10.4. The molecule has 0 aromatic carbocycles. The van der Waals surface area contributed by atoms with E-state index in [1.165, 1.54) is 57.8 Å². The minimum Gasteiger partial charge on any atom is -0.394 e. The van der Waals surface area contributed by atoms with Gasteiger partial charge in [-0.3, -0.25) is 0 Å². The molecule has 2 saturated carbocycles. The molecule has 0 saturated heterocycles. The minimum atomic E-state index is -2.02. The van der Waals surface area contributed by atoms with E-state index in [-0.39, 0.29) is 0 Å². The Morgan fingerprint density at radius 2 is 1.25 bits per heavy atom. The van der Waals surface area contributed by atoms with Crippen LogP contribution in [0, 0.1) is 5.92 Å². The van der Waals surface area contributed by atoms with Crippen LogP contribution in [0.2, 0.25) is 11.1 Å². The Morgan fingerprint density at radius 3 is 1.75 bits per heavy atom. The molecule has 0 aromatic heterocycles. The van der Waals surface area contributed by atoms with E-state index in [0.717, 1.165) is 30.2 Å². The largest absolute Gasteiger partial charge is 0.394 e. The van der Waals surface area contributed by atoms with Crippen LogP contribution in [0.4, 0.5) is 0 Å². The summed E-state index contributed by atoms with van der Waals surface area (Å²) in [6.45, 7) is 8.41. The second-order valence-corrected chi connectivity index (χ2v) is 10.5. The maximum absolute atomic E-state index is 6.50. The van der Waals surface area contributed by atoms with Gasteiger partial charge in [0.2, 0.25) is 0 Å². The first-order chi connectivity index (χ1) is 9.73. The van der Waals surface area contributed by atoms with E-state index >= 15 is 0 Å².